The lowest BCUT2D eigenvalue weighted by Crippen LogP contribution is -2.30. The molecule has 2 aromatic rings. The van der Waals surface area contributed by atoms with Crippen LogP contribution in [0.2, 0.25) is 0 Å². The molecule has 2 saturated heterocycles. The summed E-state index contributed by atoms with van der Waals surface area (Å²) in [7, 11) is 0. The first-order valence-electron chi connectivity index (χ1n) is 11.8. The van der Waals surface area contributed by atoms with E-state index in [1.807, 2.05) is 18.2 Å². The lowest BCUT2D eigenvalue weighted by Gasteiger charge is -2.24. The van der Waals surface area contributed by atoms with Gasteiger partial charge in [-0.15, -0.1) is 0 Å². The minimum Gasteiger partial charge on any atom is -0.454 e. The third-order valence-electron chi connectivity index (χ3n) is 6.16. The summed E-state index contributed by atoms with van der Waals surface area (Å²) in [5.74, 6) is 3.48. The molecule has 0 bridgehead atoms. The van der Waals surface area contributed by atoms with Crippen molar-refractivity contribution in [3.8, 4) is 11.5 Å². The average molecular weight is 438 g/mol. The molecule has 1 aromatic carbocycles. The summed E-state index contributed by atoms with van der Waals surface area (Å²) in [6, 6.07) is 5.74. The van der Waals surface area contributed by atoms with E-state index in [2.05, 4.69) is 20.3 Å². The average Bonchev–Trinajstić information content (AvgIpc) is 3.01. The molecule has 4 heterocycles. The van der Waals surface area contributed by atoms with Gasteiger partial charge in [0.2, 0.25) is 24.6 Å². The molecular weight excluding hydrogens is 406 g/mol. The Hall–Kier alpha value is -3.10. The van der Waals surface area contributed by atoms with Gasteiger partial charge in [-0.25, -0.2) is 5.43 Å². The van der Waals surface area contributed by atoms with E-state index in [-0.39, 0.29) is 6.79 Å². The zero-order valence-corrected chi connectivity index (χ0v) is 18.5. The Morgan fingerprint density at radius 3 is 1.97 bits per heavy atom. The largest absolute Gasteiger partial charge is 0.454 e. The van der Waals surface area contributed by atoms with Gasteiger partial charge in [0, 0.05) is 26.2 Å². The van der Waals surface area contributed by atoms with Gasteiger partial charge in [0.1, 0.15) is 0 Å². The van der Waals surface area contributed by atoms with Crippen molar-refractivity contribution in [1.82, 2.24) is 15.0 Å². The van der Waals surface area contributed by atoms with E-state index in [1.54, 1.807) is 6.21 Å². The van der Waals surface area contributed by atoms with E-state index >= 15 is 0 Å². The first-order chi connectivity index (χ1) is 15.8. The second-order valence-electron chi connectivity index (χ2n) is 8.54. The second-order valence-corrected chi connectivity index (χ2v) is 8.54. The molecule has 1 N–H and O–H groups in total. The number of rotatable bonds is 5. The van der Waals surface area contributed by atoms with Crippen molar-refractivity contribution in [2.75, 3.05) is 48.2 Å². The predicted molar refractivity (Wildman–Crippen MR) is 125 cm³/mol. The lowest BCUT2D eigenvalue weighted by atomic mass is 10.2. The van der Waals surface area contributed by atoms with Gasteiger partial charge in [0.05, 0.1) is 6.21 Å². The van der Waals surface area contributed by atoms with E-state index in [4.69, 9.17) is 24.4 Å². The highest BCUT2D eigenvalue weighted by Crippen LogP contribution is 2.32. The van der Waals surface area contributed by atoms with Gasteiger partial charge < -0.3 is 19.3 Å². The van der Waals surface area contributed by atoms with Crippen LogP contribution in [0.3, 0.4) is 0 Å². The Morgan fingerprint density at radius 1 is 0.750 bits per heavy atom. The zero-order chi connectivity index (χ0) is 21.6. The monoisotopic (exact) mass is 437 g/mol. The number of fused-ring (bicyclic) bond motifs is 1. The highest BCUT2D eigenvalue weighted by molar-refractivity contribution is 5.81. The molecule has 1 aromatic heterocycles. The Balaban J connectivity index is 1.37. The Labute approximate surface area is 188 Å². The maximum absolute atomic E-state index is 5.44. The van der Waals surface area contributed by atoms with Crippen molar-refractivity contribution in [3.05, 3.63) is 23.8 Å². The van der Waals surface area contributed by atoms with Gasteiger partial charge >= 0.3 is 0 Å². The molecule has 9 heteroatoms. The Bertz CT molecular complexity index is 898. The molecule has 0 amide bonds. The number of ether oxygens (including phenoxy) is 2. The summed E-state index contributed by atoms with van der Waals surface area (Å²) in [6.07, 6.45) is 11.5. The van der Waals surface area contributed by atoms with Crippen LogP contribution in [-0.2, 0) is 0 Å². The Kier molecular flexibility index (Phi) is 6.50. The first-order valence-corrected chi connectivity index (χ1v) is 11.8. The van der Waals surface area contributed by atoms with Gasteiger partial charge in [0.15, 0.2) is 11.5 Å². The number of anilines is 3. The molecule has 3 aliphatic rings. The summed E-state index contributed by atoms with van der Waals surface area (Å²) < 4.78 is 10.8. The molecule has 2 fully saturated rings. The van der Waals surface area contributed by atoms with E-state index in [9.17, 15) is 0 Å². The highest BCUT2D eigenvalue weighted by atomic mass is 16.7. The summed E-state index contributed by atoms with van der Waals surface area (Å²) in [5, 5.41) is 4.39. The molecule has 0 aliphatic carbocycles. The maximum atomic E-state index is 5.44. The molecule has 0 unspecified atom stereocenters. The van der Waals surface area contributed by atoms with Gasteiger partial charge in [-0.2, -0.15) is 20.1 Å². The Morgan fingerprint density at radius 2 is 1.34 bits per heavy atom. The fourth-order valence-corrected chi connectivity index (χ4v) is 4.39. The number of nitrogens with one attached hydrogen (secondary N) is 1. The molecule has 32 heavy (non-hydrogen) atoms. The standard InChI is InChI=1S/C23H31N7O2/c1-2-6-12-29(11-5-1)22-25-21(26-23(27-22)30-13-7-3-4-8-14-30)28-24-16-18-9-10-19-20(15-18)32-17-31-19/h9-10,15-16H,1-8,11-14,17H2,(H,25,26,27,28). The predicted octanol–water partition coefficient (Wildman–Crippen LogP) is 3.81. The molecule has 170 valence electrons. The van der Waals surface area contributed by atoms with Crippen LogP contribution in [0.15, 0.2) is 23.3 Å². The quantitative estimate of drug-likeness (QED) is 0.558. The maximum Gasteiger partial charge on any atom is 0.250 e. The first kappa shape index (κ1) is 20.8. The van der Waals surface area contributed by atoms with Crippen LogP contribution >= 0.6 is 0 Å². The van der Waals surface area contributed by atoms with Crippen LogP contribution in [0.5, 0.6) is 11.5 Å². The SMILES string of the molecule is C(=NNc1nc(N2CCCCCC2)nc(N2CCCCCC2)n1)c1ccc2c(c1)OCO2. The molecule has 3 aliphatic heterocycles. The third kappa shape index (κ3) is 5.03. The van der Waals surface area contributed by atoms with Crippen LogP contribution < -0.4 is 24.7 Å². The molecule has 5 rings (SSSR count). The highest BCUT2D eigenvalue weighted by Gasteiger charge is 2.19. The van der Waals surface area contributed by atoms with Crippen LogP contribution in [0.25, 0.3) is 0 Å². The summed E-state index contributed by atoms with van der Waals surface area (Å²) in [5.41, 5.74) is 3.95. The molecule has 0 radical (unpaired) electrons. The fourth-order valence-electron chi connectivity index (χ4n) is 4.39. The molecule has 0 saturated carbocycles. The zero-order valence-electron chi connectivity index (χ0n) is 18.5. The van der Waals surface area contributed by atoms with E-state index in [0.29, 0.717) is 5.95 Å². The van der Waals surface area contributed by atoms with E-state index in [0.717, 1.165) is 55.1 Å². The fraction of sp³-hybridized carbons (Fsp3) is 0.565. The number of hydrogen-bond donors (Lipinski definition) is 1. The van der Waals surface area contributed by atoms with Crippen LogP contribution in [0.1, 0.15) is 56.9 Å². The minimum atomic E-state index is 0.261. The third-order valence-corrected chi connectivity index (χ3v) is 6.16. The van der Waals surface area contributed by atoms with E-state index in [1.165, 1.54) is 51.4 Å². The molecule has 0 atom stereocenters. The van der Waals surface area contributed by atoms with Crippen LogP contribution in [0, 0.1) is 0 Å². The van der Waals surface area contributed by atoms with E-state index < -0.39 is 0 Å². The summed E-state index contributed by atoms with van der Waals surface area (Å²) >= 11 is 0. The number of nitrogens with zero attached hydrogens (tertiary/aromatic N) is 6. The van der Waals surface area contributed by atoms with Crippen molar-refractivity contribution >= 4 is 24.1 Å². The van der Waals surface area contributed by atoms with Crippen molar-refractivity contribution < 1.29 is 9.47 Å². The number of benzene rings is 1. The number of aromatic nitrogens is 3. The van der Waals surface area contributed by atoms with Crippen molar-refractivity contribution in [2.24, 2.45) is 5.10 Å². The lowest BCUT2D eigenvalue weighted by molar-refractivity contribution is 0.174. The summed E-state index contributed by atoms with van der Waals surface area (Å²) in [4.78, 5) is 18.9. The van der Waals surface area contributed by atoms with Gasteiger partial charge in [-0.1, -0.05) is 25.7 Å². The van der Waals surface area contributed by atoms with Gasteiger partial charge in [-0.3, -0.25) is 0 Å². The molecule has 0 spiro atoms. The smallest absolute Gasteiger partial charge is 0.250 e. The van der Waals surface area contributed by atoms with Gasteiger partial charge in [-0.05, 0) is 49.4 Å². The normalized spacial score (nSPS) is 19.1. The topological polar surface area (TPSA) is 88.0 Å². The minimum absolute atomic E-state index is 0.261. The van der Waals surface area contributed by atoms with Crippen molar-refractivity contribution in [2.45, 2.75) is 51.4 Å². The summed E-state index contributed by atoms with van der Waals surface area (Å²) in [6.45, 7) is 4.22. The molecular formula is C23H31N7O2. The van der Waals surface area contributed by atoms with Gasteiger partial charge in [0.25, 0.3) is 0 Å². The second kappa shape index (κ2) is 10.0. The van der Waals surface area contributed by atoms with Crippen LogP contribution in [-0.4, -0.2) is 54.1 Å². The molecule has 9 nitrogen and oxygen atoms in total. The number of hydrogen-bond acceptors (Lipinski definition) is 9. The van der Waals surface area contributed by atoms with Crippen molar-refractivity contribution in [3.63, 3.8) is 0 Å². The van der Waals surface area contributed by atoms with Crippen molar-refractivity contribution in [1.29, 1.82) is 0 Å². The van der Waals surface area contributed by atoms with Crippen LogP contribution in [0.4, 0.5) is 17.8 Å². The number of hydrazone groups is 1.